The van der Waals surface area contributed by atoms with Crippen molar-refractivity contribution in [2.24, 2.45) is 0 Å². The molecule has 0 aliphatic rings. The molecule has 2 N–H and O–H groups in total. The Morgan fingerprint density at radius 2 is 1.95 bits per heavy atom. The Kier molecular flexibility index (Phi) is 6.09. The largest absolute Gasteiger partial charge is 0.355 e. The van der Waals surface area contributed by atoms with Crippen LogP contribution in [-0.4, -0.2) is 24.9 Å². The summed E-state index contributed by atoms with van der Waals surface area (Å²) in [5.41, 5.74) is 1.87. The molecule has 0 heterocycles. The summed E-state index contributed by atoms with van der Waals surface area (Å²) in [6.45, 7) is 4.18. The molecule has 0 unspecified atom stereocenters. The Bertz CT molecular complexity index is 498. The lowest BCUT2D eigenvalue weighted by Gasteiger charge is -2.03. The van der Waals surface area contributed by atoms with Crippen LogP contribution in [0, 0.1) is 6.92 Å². The molecule has 0 atom stereocenters. The molecule has 1 aromatic carbocycles. The molecule has 0 saturated heterocycles. The third-order valence-corrected chi connectivity index (χ3v) is 2.83. The number of aryl methyl sites for hydroxylation is 1. The van der Waals surface area contributed by atoms with Gasteiger partial charge in [0.2, 0.25) is 11.8 Å². The van der Waals surface area contributed by atoms with Gasteiger partial charge in [0.1, 0.15) is 0 Å². The van der Waals surface area contributed by atoms with Crippen LogP contribution in [0.5, 0.6) is 0 Å². The zero-order chi connectivity index (χ0) is 14.3. The fourth-order valence-electron chi connectivity index (χ4n) is 1.37. The molecule has 0 spiro atoms. The van der Waals surface area contributed by atoms with Gasteiger partial charge < -0.3 is 10.6 Å². The smallest absolute Gasteiger partial charge is 0.244 e. The number of rotatable bonds is 5. The lowest BCUT2D eigenvalue weighted by atomic mass is 10.1. The highest BCUT2D eigenvalue weighted by Gasteiger charge is 1.97. The van der Waals surface area contributed by atoms with Crippen molar-refractivity contribution in [1.29, 1.82) is 0 Å². The van der Waals surface area contributed by atoms with Crippen molar-refractivity contribution < 1.29 is 9.59 Å². The monoisotopic (exact) mass is 280 g/mol. The molecule has 0 saturated carbocycles. The number of carbonyl (C=O) groups is 2. The second kappa shape index (κ2) is 7.59. The van der Waals surface area contributed by atoms with E-state index in [2.05, 4.69) is 10.6 Å². The zero-order valence-corrected chi connectivity index (χ0v) is 11.8. The highest BCUT2D eigenvalue weighted by molar-refractivity contribution is 6.31. The van der Waals surface area contributed by atoms with Crippen LogP contribution in [-0.2, 0) is 9.59 Å². The number of hydrogen-bond donors (Lipinski definition) is 2. The number of nitrogens with one attached hydrogen (secondary N) is 2. The van der Waals surface area contributed by atoms with Crippen LogP contribution in [0.3, 0.4) is 0 Å². The van der Waals surface area contributed by atoms with E-state index >= 15 is 0 Å². The van der Waals surface area contributed by atoms with E-state index in [1.807, 2.05) is 19.1 Å². The van der Waals surface area contributed by atoms with Gasteiger partial charge in [-0.15, -0.1) is 0 Å². The van der Waals surface area contributed by atoms with Crippen LogP contribution >= 0.6 is 11.6 Å². The summed E-state index contributed by atoms with van der Waals surface area (Å²) in [7, 11) is 0. The molecule has 0 fully saturated rings. The third kappa shape index (κ3) is 6.06. The molecule has 4 nitrogen and oxygen atoms in total. The van der Waals surface area contributed by atoms with Crippen molar-refractivity contribution in [2.45, 2.75) is 13.8 Å². The summed E-state index contributed by atoms with van der Waals surface area (Å²) in [4.78, 5) is 22.1. The van der Waals surface area contributed by atoms with Gasteiger partial charge in [-0.2, -0.15) is 0 Å². The molecule has 5 heteroatoms. The maximum atomic E-state index is 11.5. The summed E-state index contributed by atoms with van der Waals surface area (Å²) < 4.78 is 0. The normalized spacial score (nSPS) is 10.5. The van der Waals surface area contributed by atoms with E-state index < -0.39 is 0 Å². The lowest BCUT2D eigenvalue weighted by Crippen LogP contribution is -2.32. The van der Waals surface area contributed by atoms with E-state index in [0.717, 1.165) is 11.1 Å². The Balaban J connectivity index is 2.40. The van der Waals surface area contributed by atoms with Gasteiger partial charge in [-0.25, -0.2) is 0 Å². The summed E-state index contributed by atoms with van der Waals surface area (Å²) in [5, 5.41) is 5.93. The first-order valence-electron chi connectivity index (χ1n) is 5.95. The molecule has 1 rings (SSSR count). The quantitative estimate of drug-likeness (QED) is 0.639. The standard InChI is InChI=1S/C14H17ClN2O2/c1-10-3-4-12(9-13(10)15)5-6-14(19)17-8-7-16-11(2)18/h3-6,9H,7-8H2,1-2H3,(H,16,18)(H,17,19)/b6-5+. The minimum Gasteiger partial charge on any atom is -0.355 e. The Morgan fingerprint density at radius 1 is 1.26 bits per heavy atom. The van der Waals surface area contributed by atoms with Crippen LogP contribution in [0.4, 0.5) is 0 Å². The van der Waals surface area contributed by atoms with E-state index in [-0.39, 0.29) is 11.8 Å². The third-order valence-electron chi connectivity index (χ3n) is 2.42. The molecule has 0 aliphatic carbocycles. The van der Waals surface area contributed by atoms with Crippen molar-refractivity contribution in [1.82, 2.24) is 10.6 Å². The van der Waals surface area contributed by atoms with E-state index in [0.29, 0.717) is 18.1 Å². The number of amides is 2. The second-order valence-electron chi connectivity index (χ2n) is 4.12. The molecule has 2 amide bonds. The molecule has 102 valence electrons. The average molecular weight is 281 g/mol. The number of halogens is 1. The molecule has 1 aromatic rings. The molecule has 19 heavy (non-hydrogen) atoms. The topological polar surface area (TPSA) is 58.2 Å². The van der Waals surface area contributed by atoms with Gasteiger partial charge in [-0.3, -0.25) is 9.59 Å². The fraction of sp³-hybridized carbons (Fsp3) is 0.286. The van der Waals surface area contributed by atoms with Crippen LogP contribution < -0.4 is 10.6 Å². The number of hydrogen-bond acceptors (Lipinski definition) is 2. The predicted molar refractivity (Wildman–Crippen MR) is 76.9 cm³/mol. The first-order chi connectivity index (χ1) is 8.99. The van der Waals surface area contributed by atoms with Crippen molar-refractivity contribution in [3.8, 4) is 0 Å². The molecule has 0 bridgehead atoms. The Labute approximate surface area is 117 Å². The summed E-state index contributed by atoms with van der Waals surface area (Å²) in [6.07, 6.45) is 3.13. The maximum absolute atomic E-state index is 11.5. The van der Waals surface area contributed by atoms with E-state index in [4.69, 9.17) is 11.6 Å². The molecular formula is C14H17ClN2O2. The van der Waals surface area contributed by atoms with Crippen LogP contribution in [0.25, 0.3) is 6.08 Å². The van der Waals surface area contributed by atoms with Crippen molar-refractivity contribution >= 4 is 29.5 Å². The summed E-state index contributed by atoms with van der Waals surface area (Å²) in [6, 6.07) is 5.59. The van der Waals surface area contributed by atoms with Gasteiger partial charge >= 0.3 is 0 Å². The molecule has 0 aromatic heterocycles. The molecule has 0 radical (unpaired) electrons. The van der Waals surface area contributed by atoms with Crippen molar-refractivity contribution in [3.63, 3.8) is 0 Å². The average Bonchev–Trinajstić information content (AvgIpc) is 2.36. The highest BCUT2D eigenvalue weighted by Crippen LogP contribution is 2.17. The van der Waals surface area contributed by atoms with Gasteiger partial charge in [0, 0.05) is 31.1 Å². The Hall–Kier alpha value is -1.81. The van der Waals surface area contributed by atoms with Crippen molar-refractivity contribution in [3.05, 3.63) is 40.4 Å². The molecular weight excluding hydrogens is 264 g/mol. The first-order valence-corrected chi connectivity index (χ1v) is 6.33. The van der Waals surface area contributed by atoms with Gasteiger partial charge in [0.15, 0.2) is 0 Å². The SMILES string of the molecule is CC(=O)NCCNC(=O)/C=C/c1ccc(C)c(Cl)c1. The van der Waals surface area contributed by atoms with Crippen LogP contribution in [0.2, 0.25) is 5.02 Å². The fourth-order valence-corrected chi connectivity index (χ4v) is 1.56. The number of benzene rings is 1. The highest BCUT2D eigenvalue weighted by atomic mass is 35.5. The minimum atomic E-state index is -0.206. The van der Waals surface area contributed by atoms with E-state index in [1.54, 1.807) is 12.1 Å². The van der Waals surface area contributed by atoms with Gasteiger partial charge in [-0.1, -0.05) is 23.7 Å². The zero-order valence-electron chi connectivity index (χ0n) is 11.0. The van der Waals surface area contributed by atoms with E-state index in [1.165, 1.54) is 13.0 Å². The predicted octanol–water partition coefficient (Wildman–Crippen LogP) is 1.91. The van der Waals surface area contributed by atoms with Gasteiger partial charge in [0.05, 0.1) is 0 Å². The summed E-state index contributed by atoms with van der Waals surface area (Å²) in [5.74, 6) is -0.318. The minimum absolute atomic E-state index is 0.112. The summed E-state index contributed by atoms with van der Waals surface area (Å²) >= 11 is 5.99. The van der Waals surface area contributed by atoms with Crippen LogP contribution in [0.15, 0.2) is 24.3 Å². The first kappa shape index (κ1) is 15.2. The van der Waals surface area contributed by atoms with E-state index in [9.17, 15) is 9.59 Å². The number of carbonyl (C=O) groups excluding carboxylic acids is 2. The van der Waals surface area contributed by atoms with Gasteiger partial charge in [-0.05, 0) is 30.2 Å². The van der Waals surface area contributed by atoms with Gasteiger partial charge in [0.25, 0.3) is 0 Å². The lowest BCUT2D eigenvalue weighted by molar-refractivity contribution is -0.119. The molecule has 0 aliphatic heterocycles. The Morgan fingerprint density at radius 3 is 2.58 bits per heavy atom. The van der Waals surface area contributed by atoms with Crippen LogP contribution in [0.1, 0.15) is 18.1 Å². The van der Waals surface area contributed by atoms with Crippen molar-refractivity contribution in [2.75, 3.05) is 13.1 Å². The second-order valence-corrected chi connectivity index (χ2v) is 4.52. The maximum Gasteiger partial charge on any atom is 0.244 e.